The molecular weight excluding hydrogens is 347 g/mol. The lowest BCUT2D eigenvalue weighted by Gasteiger charge is -2.15. The number of hydrogen-bond donors (Lipinski definition) is 2. The van der Waals surface area contributed by atoms with E-state index in [2.05, 4.69) is 20.7 Å². The van der Waals surface area contributed by atoms with E-state index in [1.165, 1.54) is 12.1 Å². The predicted octanol–water partition coefficient (Wildman–Crippen LogP) is 2.52. The van der Waals surface area contributed by atoms with Gasteiger partial charge in [0, 0.05) is 23.1 Å². The van der Waals surface area contributed by atoms with Gasteiger partial charge in [0.1, 0.15) is 10.7 Å². The number of halogens is 2. The Hall–Kier alpha value is -0.500. The molecule has 2 rings (SSSR count). The van der Waals surface area contributed by atoms with Crippen LogP contribution in [-0.2, 0) is 16.6 Å². The van der Waals surface area contributed by atoms with E-state index in [9.17, 15) is 12.8 Å². The van der Waals surface area contributed by atoms with Crippen LogP contribution in [-0.4, -0.2) is 15.0 Å². The second-order valence-corrected chi connectivity index (χ2v) is 7.91. The number of sulfonamides is 1. The summed E-state index contributed by atoms with van der Waals surface area (Å²) in [6, 6.07) is 2.76. The van der Waals surface area contributed by atoms with Gasteiger partial charge in [-0.15, -0.1) is 0 Å². The average molecular weight is 365 g/mol. The van der Waals surface area contributed by atoms with Crippen LogP contribution in [0.4, 0.5) is 4.39 Å². The molecule has 0 atom stereocenters. The van der Waals surface area contributed by atoms with Gasteiger partial charge < -0.3 is 5.73 Å². The summed E-state index contributed by atoms with van der Waals surface area (Å²) in [5.41, 5.74) is 5.67. The quantitative estimate of drug-likeness (QED) is 0.814. The first-order chi connectivity index (χ1) is 9.33. The molecule has 1 aromatic rings. The molecule has 1 aliphatic rings. The van der Waals surface area contributed by atoms with Crippen LogP contribution >= 0.6 is 15.9 Å². The first-order valence-corrected chi connectivity index (χ1v) is 8.79. The highest BCUT2D eigenvalue weighted by molar-refractivity contribution is 9.10. The molecular formula is C13H18BrFN2O2S. The van der Waals surface area contributed by atoms with Crippen molar-refractivity contribution < 1.29 is 12.8 Å². The SMILES string of the molecule is CCC1(CNS(=O)(=O)c2cc(Br)cc(CN)c2F)CC1. The van der Waals surface area contributed by atoms with E-state index in [1.54, 1.807) is 0 Å². The van der Waals surface area contributed by atoms with Crippen molar-refractivity contribution in [2.75, 3.05) is 6.54 Å². The summed E-state index contributed by atoms with van der Waals surface area (Å²) in [7, 11) is -3.86. The van der Waals surface area contributed by atoms with E-state index in [4.69, 9.17) is 5.73 Å². The number of nitrogens with one attached hydrogen (secondary N) is 1. The van der Waals surface area contributed by atoms with Crippen molar-refractivity contribution in [3.63, 3.8) is 0 Å². The Bertz CT molecular complexity index is 615. The van der Waals surface area contributed by atoms with Gasteiger partial charge in [-0.05, 0) is 36.8 Å². The Balaban J connectivity index is 2.27. The minimum absolute atomic E-state index is 0.0489. The fourth-order valence-electron chi connectivity index (χ4n) is 2.12. The van der Waals surface area contributed by atoms with Crippen molar-refractivity contribution in [1.29, 1.82) is 0 Å². The van der Waals surface area contributed by atoms with Crippen molar-refractivity contribution in [3.8, 4) is 0 Å². The van der Waals surface area contributed by atoms with Crippen LogP contribution < -0.4 is 10.5 Å². The highest BCUT2D eigenvalue weighted by atomic mass is 79.9. The summed E-state index contributed by atoms with van der Waals surface area (Å²) >= 11 is 3.18. The number of nitrogens with two attached hydrogens (primary N) is 1. The van der Waals surface area contributed by atoms with Gasteiger partial charge in [0.25, 0.3) is 0 Å². The molecule has 0 heterocycles. The third-order valence-corrected chi connectivity index (χ3v) is 5.79. The van der Waals surface area contributed by atoms with E-state index >= 15 is 0 Å². The summed E-state index contributed by atoms with van der Waals surface area (Å²) in [5.74, 6) is -0.774. The van der Waals surface area contributed by atoms with Crippen LogP contribution in [0.15, 0.2) is 21.5 Å². The maximum Gasteiger partial charge on any atom is 0.243 e. The predicted molar refractivity (Wildman–Crippen MR) is 79.1 cm³/mol. The van der Waals surface area contributed by atoms with Crippen LogP contribution in [0.5, 0.6) is 0 Å². The van der Waals surface area contributed by atoms with Crippen LogP contribution in [0.3, 0.4) is 0 Å². The summed E-state index contributed by atoms with van der Waals surface area (Å²) in [4.78, 5) is -0.348. The fraction of sp³-hybridized carbons (Fsp3) is 0.538. The Morgan fingerprint density at radius 1 is 1.45 bits per heavy atom. The van der Waals surface area contributed by atoms with Gasteiger partial charge in [0.05, 0.1) is 0 Å². The minimum atomic E-state index is -3.86. The van der Waals surface area contributed by atoms with Crippen LogP contribution in [0.2, 0.25) is 0 Å². The smallest absolute Gasteiger partial charge is 0.243 e. The lowest BCUT2D eigenvalue weighted by molar-refractivity contribution is 0.473. The maximum atomic E-state index is 14.1. The molecule has 1 aliphatic carbocycles. The normalized spacial score (nSPS) is 17.2. The summed E-state index contributed by atoms with van der Waals surface area (Å²) in [6.45, 7) is 2.34. The van der Waals surface area contributed by atoms with Crippen molar-refractivity contribution in [2.24, 2.45) is 11.1 Å². The molecule has 4 nitrogen and oxygen atoms in total. The second kappa shape index (κ2) is 5.71. The summed E-state index contributed by atoms with van der Waals surface area (Å²) < 4.78 is 41.7. The van der Waals surface area contributed by atoms with E-state index in [-0.39, 0.29) is 22.4 Å². The summed E-state index contributed by atoms with van der Waals surface area (Å²) in [6.07, 6.45) is 2.95. The van der Waals surface area contributed by atoms with E-state index in [1.807, 2.05) is 6.92 Å². The third kappa shape index (κ3) is 3.21. The number of benzene rings is 1. The van der Waals surface area contributed by atoms with Crippen molar-refractivity contribution in [1.82, 2.24) is 4.72 Å². The second-order valence-electron chi connectivity index (χ2n) is 5.26. The van der Waals surface area contributed by atoms with Crippen molar-refractivity contribution in [3.05, 3.63) is 28.0 Å². The molecule has 0 saturated heterocycles. The fourth-order valence-corrected chi connectivity index (χ4v) is 4.08. The molecule has 0 bridgehead atoms. The Labute approximate surface area is 127 Å². The largest absolute Gasteiger partial charge is 0.326 e. The monoisotopic (exact) mass is 364 g/mol. The zero-order valence-corrected chi connectivity index (χ0v) is 13.7. The molecule has 0 spiro atoms. The standard InChI is InChI=1S/C13H18BrFN2O2S/c1-2-13(3-4-13)8-17-20(18,19)11-6-10(14)5-9(7-16)12(11)15/h5-6,17H,2-4,7-8,16H2,1H3. The molecule has 0 aromatic heterocycles. The Morgan fingerprint density at radius 3 is 2.60 bits per heavy atom. The summed E-state index contributed by atoms with van der Waals surface area (Å²) in [5, 5.41) is 0. The molecule has 7 heteroatoms. The highest BCUT2D eigenvalue weighted by Gasteiger charge is 2.41. The van der Waals surface area contributed by atoms with Gasteiger partial charge >= 0.3 is 0 Å². The maximum absolute atomic E-state index is 14.1. The molecule has 1 saturated carbocycles. The van der Waals surface area contributed by atoms with Crippen LogP contribution in [0.1, 0.15) is 31.7 Å². The van der Waals surface area contributed by atoms with E-state index in [0.29, 0.717) is 11.0 Å². The van der Waals surface area contributed by atoms with Crippen LogP contribution in [0, 0.1) is 11.2 Å². The Kier molecular flexibility index (Phi) is 4.53. The van der Waals surface area contributed by atoms with Crippen molar-refractivity contribution >= 4 is 26.0 Å². The molecule has 0 amide bonds. The lowest BCUT2D eigenvalue weighted by Crippen LogP contribution is -2.31. The zero-order chi connectivity index (χ0) is 15.0. The molecule has 1 fully saturated rings. The van der Waals surface area contributed by atoms with Gasteiger partial charge in [0.2, 0.25) is 10.0 Å². The number of rotatable bonds is 6. The number of hydrogen-bond acceptors (Lipinski definition) is 3. The van der Waals surface area contributed by atoms with E-state index < -0.39 is 15.8 Å². The van der Waals surface area contributed by atoms with Gasteiger partial charge in [-0.25, -0.2) is 17.5 Å². The van der Waals surface area contributed by atoms with Gasteiger partial charge in [0.15, 0.2) is 0 Å². The van der Waals surface area contributed by atoms with Gasteiger partial charge in [-0.1, -0.05) is 22.9 Å². The topological polar surface area (TPSA) is 72.2 Å². The van der Waals surface area contributed by atoms with Gasteiger partial charge in [-0.2, -0.15) is 0 Å². The molecule has 1 aromatic carbocycles. The highest BCUT2D eigenvalue weighted by Crippen LogP contribution is 2.48. The van der Waals surface area contributed by atoms with Crippen LogP contribution in [0.25, 0.3) is 0 Å². The minimum Gasteiger partial charge on any atom is -0.326 e. The Morgan fingerprint density at radius 2 is 2.10 bits per heavy atom. The van der Waals surface area contributed by atoms with Gasteiger partial charge in [-0.3, -0.25) is 0 Å². The van der Waals surface area contributed by atoms with Crippen molar-refractivity contribution in [2.45, 2.75) is 37.6 Å². The van der Waals surface area contributed by atoms with E-state index in [0.717, 1.165) is 19.3 Å². The first-order valence-electron chi connectivity index (χ1n) is 6.51. The average Bonchev–Trinajstić information content (AvgIpc) is 3.19. The first kappa shape index (κ1) is 15.9. The molecule has 0 radical (unpaired) electrons. The molecule has 112 valence electrons. The third-order valence-electron chi connectivity index (χ3n) is 3.93. The molecule has 20 heavy (non-hydrogen) atoms. The molecule has 0 unspecified atom stereocenters. The lowest BCUT2D eigenvalue weighted by atomic mass is 10.1. The zero-order valence-electron chi connectivity index (χ0n) is 11.2. The molecule has 0 aliphatic heterocycles. The molecule has 3 N–H and O–H groups in total.